The van der Waals surface area contributed by atoms with E-state index in [4.69, 9.17) is 9.47 Å². The van der Waals surface area contributed by atoms with Gasteiger partial charge >= 0.3 is 0 Å². The van der Waals surface area contributed by atoms with Crippen molar-refractivity contribution >= 4 is 0 Å². The molecule has 1 fully saturated rings. The summed E-state index contributed by atoms with van der Waals surface area (Å²) >= 11 is 0. The molecule has 3 rings (SSSR count). The Hall–Kier alpha value is -2.00. The highest BCUT2D eigenvalue weighted by Crippen LogP contribution is 2.25. The van der Waals surface area contributed by atoms with Crippen LogP contribution in [0.4, 0.5) is 0 Å². The van der Waals surface area contributed by atoms with Crippen molar-refractivity contribution in [3.63, 3.8) is 0 Å². The zero-order valence-corrected chi connectivity index (χ0v) is 12.0. The van der Waals surface area contributed by atoms with E-state index in [1.807, 2.05) is 36.4 Å². The molecule has 1 aliphatic heterocycles. The second kappa shape index (κ2) is 6.64. The van der Waals surface area contributed by atoms with Gasteiger partial charge in [0, 0.05) is 13.2 Å². The highest BCUT2D eigenvalue weighted by Gasteiger charge is 2.14. The van der Waals surface area contributed by atoms with E-state index in [1.54, 1.807) is 12.1 Å². The molecule has 1 N–H and O–H groups in total. The van der Waals surface area contributed by atoms with E-state index < -0.39 is 0 Å². The van der Waals surface area contributed by atoms with Gasteiger partial charge in [-0.3, -0.25) is 0 Å². The fourth-order valence-electron chi connectivity index (χ4n) is 2.52. The molecule has 0 saturated carbocycles. The van der Waals surface area contributed by atoms with Gasteiger partial charge in [-0.05, 0) is 54.2 Å². The first-order valence-electron chi connectivity index (χ1n) is 7.41. The monoisotopic (exact) mass is 284 g/mol. The molecular formula is C18H20O3. The molecule has 0 aliphatic carbocycles. The van der Waals surface area contributed by atoms with Crippen LogP contribution in [0.25, 0.3) is 11.1 Å². The van der Waals surface area contributed by atoms with Crippen LogP contribution in [0.15, 0.2) is 48.5 Å². The highest BCUT2D eigenvalue weighted by atomic mass is 16.5. The molecule has 1 saturated heterocycles. The van der Waals surface area contributed by atoms with Crippen molar-refractivity contribution in [1.82, 2.24) is 0 Å². The summed E-state index contributed by atoms with van der Waals surface area (Å²) in [4.78, 5) is 0. The predicted molar refractivity (Wildman–Crippen MR) is 82.6 cm³/mol. The van der Waals surface area contributed by atoms with E-state index >= 15 is 0 Å². The Morgan fingerprint density at radius 2 is 1.48 bits per heavy atom. The molecule has 0 aromatic heterocycles. The van der Waals surface area contributed by atoms with Crippen LogP contribution >= 0.6 is 0 Å². The zero-order chi connectivity index (χ0) is 14.5. The van der Waals surface area contributed by atoms with Gasteiger partial charge in [0.25, 0.3) is 0 Å². The van der Waals surface area contributed by atoms with Crippen LogP contribution < -0.4 is 4.74 Å². The molecular weight excluding hydrogens is 264 g/mol. The first-order valence-corrected chi connectivity index (χ1v) is 7.41. The summed E-state index contributed by atoms with van der Waals surface area (Å²) in [7, 11) is 0. The quantitative estimate of drug-likeness (QED) is 0.926. The molecule has 0 spiro atoms. The number of hydrogen-bond acceptors (Lipinski definition) is 3. The summed E-state index contributed by atoms with van der Waals surface area (Å²) in [6, 6.07) is 15.3. The van der Waals surface area contributed by atoms with E-state index in [0.717, 1.165) is 49.5 Å². The van der Waals surface area contributed by atoms with E-state index in [2.05, 4.69) is 0 Å². The number of aromatic hydroxyl groups is 1. The molecule has 1 heterocycles. The van der Waals surface area contributed by atoms with Crippen molar-refractivity contribution in [2.24, 2.45) is 5.92 Å². The second-order valence-corrected chi connectivity index (χ2v) is 5.44. The number of rotatable bonds is 4. The maximum Gasteiger partial charge on any atom is 0.119 e. The third-order valence-corrected chi connectivity index (χ3v) is 3.88. The fraction of sp³-hybridized carbons (Fsp3) is 0.333. The van der Waals surface area contributed by atoms with E-state index in [-0.39, 0.29) is 5.75 Å². The molecule has 3 nitrogen and oxygen atoms in total. The van der Waals surface area contributed by atoms with Gasteiger partial charge < -0.3 is 14.6 Å². The Morgan fingerprint density at radius 1 is 0.905 bits per heavy atom. The lowest BCUT2D eigenvalue weighted by molar-refractivity contribution is 0.0497. The molecule has 2 aromatic rings. The second-order valence-electron chi connectivity index (χ2n) is 5.44. The minimum absolute atomic E-state index is 0.287. The predicted octanol–water partition coefficient (Wildman–Crippen LogP) is 3.86. The standard InChI is InChI=1S/C18H20O3/c19-17-5-1-15(2-6-17)16-3-7-18(8-4-16)21-13-14-9-11-20-12-10-14/h1-8,14,19H,9-13H2. The van der Waals surface area contributed by atoms with Crippen molar-refractivity contribution in [3.8, 4) is 22.6 Å². The minimum atomic E-state index is 0.287. The normalized spacial score (nSPS) is 15.8. The van der Waals surface area contributed by atoms with Gasteiger partial charge in [-0.25, -0.2) is 0 Å². The molecule has 2 aromatic carbocycles. The number of benzene rings is 2. The Bertz CT molecular complexity index is 554. The summed E-state index contributed by atoms with van der Waals surface area (Å²) in [6.45, 7) is 2.48. The summed E-state index contributed by atoms with van der Waals surface area (Å²) < 4.78 is 11.2. The topological polar surface area (TPSA) is 38.7 Å². The van der Waals surface area contributed by atoms with Crippen molar-refractivity contribution < 1.29 is 14.6 Å². The smallest absolute Gasteiger partial charge is 0.119 e. The van der Waals surface area contributed by atoms with Crippen molar-refractivity contribution in [2.45, 2.75) is 12.8 Å². The van der Waals surface area contributed by atoms with Crippen LogP contribution in [-0.2, 0) is 4.74 Å². The number of hydrogen-bond donors (Lipinski definition) is 1. The lowest BCUT2D eigenvalue weighted by atomic mass is 10.0. The van der Waals surface area contributed by atoms with E-state index in [1.165, 1.54) is 0 Å². The zero-order valence-electron chi connectivity index (χ0n) is 12.0. The van der Waals surface area contributed by atoms with Crippen molar-refractivity contribution in [1.29, 1.82) is 0 Å². The lowest BCUT2D eigenvalue weighted by Crippen LogP contribution is -2.21. The largest absolute Gasteiger partial charge is 0.508 e. The van der Waals surface area contributed by atoms with Gasteiger partial charge in [0.2, 0.25) is 0 Å². The maximum atomic E-state index is 9.31. The van der Waals surface area contributed by atoms with Crippen LogP contribution in [0.3, 0.4) is 0 Å². The van der Waals surface area contributed by atoms with Gasteiger partial charge in [0.1, 0.15) is 11.5 Å². The molecule has 1 aliphatic rings. The molecule has 0 atom stereocenters. The number of phenolic OH excluding ortho intramolecular Hbond substituents is 1. The van der Waals surface area contributed by atoms with Crippen LogP contribution in [0.1, 0.15) is 12.8 Å². The fourth-order valence-corrected chi connectivity index (χ4v) is 2.52. The van der Waals surface area contributed by atoms with Gasteiger partial charge in [0.15, 0.2) is 0 Å². The Labute approximate surface area is 125 Å². The minimum Gasteiger partial charge on any atom is -0.508 e. The Kier molecular flexibility index (Phi) is 4.41. The average molecular weight is 284 g/mol. The summed E-state index contributed by atoms with van der Waals surface area (Å²) in [5.74, 6) is 1.80. The highest BCUT2D eigenvalue weighted by molar-refractivity contribution is 5.64. The number of ether oxygens (including phenoxy) is 2. The van der Waals surface area contributed by atoms with Crippen LogP contribution in [0.5, 0.6) is 11.5 Å². The molecule has 110 valence electrons. The van der Waals surface area contributed by atoms with Gasteiger partial charge in [0.05, 0.1) is 6.61 Å². The van der Waals surface area contributed by atoms with Gasteiger partial charge in [-0.15, -0.1) is 0 Å². The van der Waals surface area contributed by atoms with E-state index in [0.29, 0.717) is 5.92 Å². The third kappa shape index (κ3) is 3.76. The Balaban J connectivity index is 1.59. The van der Waals surface area contributed by atoms with Crippen molar-refractivity contribution in [2.75, 3.05) is 19.8 Å². The van der Waals surface area contributed by atoms with Crippen molar-refractivity contribution in [3.05, 3.63) is 48.5 Å². The number of phenols is 1. The van der Waals surface area contributed by atoms with E-state index in [9.17, 15) is 5.11 Å². The van der Waals surface area contributed by atoms with Gasteiger partial charge in [-0.2, -0.15) is 0 Å². The molecule has 0 unspecified atom stereocenters. The summed E-state index contributed by atoms with van der Waals surface area (Å²) in [5.41, 5.74) is 2.21. The first kappa shape index (κ1) is 14.0. The average Bonchev–Trinajstić information content (AvgIpc) is 2.55. The molecule has 21 heavy (non-hydrogen) atoms. The third-order valence-electron chi connectivity index (χ3n) is 3.88. The summed E-state index contributed by atoms with van der Waals surface area (Å²) in [6.07, 6.45) is 2.18. The van der Waals surface area contributed by atoms with Crippen LogP contribution in [-0.4, -0.2) is 24.9 Å². The lowest BCUT2D eigenvalue weighted by Gasteiger charge is -2.22. The molecule has 3 heteroatoms. The van der Waals surface area contributed by atoms with Gasteiger partial charge in [-0.1, -0.05) is 24.3 Å². The van der Waals surface area contributed by atoms with Crippen LogP contribution in [0.2, 0.25) is 0 Å². The Morgan fingerprint density at radius 3 is 2.10 bits per heavy atom. The molecule has 0 radical (unpaired) electrons. The molecule has 0 bridgehead atoms. The van der Waals surface area contributed by atoms with Crippen LogP contribution in [0, 0.1) is 5.92 Å². The first-order chi connectivity index (χ1) is 10.3. The SMILES string of the molecule is Oc1ccc(-c2ccc(OCC3CCOCC3)cc2)cc1. The molecule has 0 amide bonds. The summed E-state index contributed by atoms with van der Waals surface area (Å²) in [5, 5.41) is 9.31. The maximum absolute atomic E-state index is 9.31.